The Morgan fingerprint density at radius 3 is 2.58 bits per heavy atom. The Bertz CT molecular complexity index is 1070. The Morgan fingerprint density at radius 1 is 1.15 bits per heavy atom. The number of hydrogen-bond acceptors (Lipinski definition) is 4. The molecule has 33 heavy (non-hydrogen) atoms. The number of amides is 2. The first kappa shape index (κ1) is 24.1. The minimum absolute atomic E-state index is 0.0845. The first-order chi connectivity index (χ1) is 15.9. The highest BCUT2D eigenvalue weighted by atomic mass is 16.4. The van der Waals surface area contributed by atoms with E-state index < -0.39 is 12.0 Å². The topological polar surface area (TPSA) is 144 Å². The van der Waals surface area contributed by atoms with Gasteiger partial charge in [0.1, 0.15) is 0 Å². The van der Waals surface area contributed by atoms with Gasteiger partial charge >= 0.3 is 5.97 Å². The van der Waals surface area contributed by atoms with Gasteiger partial charge in [0.2, 0.25) is 5.91 Å². The van der Waals surface area contributed by atoms with Crippen molar-refractivity contribution in [2.45, 2.75) is 45.1 Å². The van der Waals surface area contributed by atoms with Gasteiger partial charge in [-0.25, -0.2) is 0 Å². The van der Waals surface area contributed by atoms with E-state index in [0.717, 1.165) is 29.2 Å². The molecule has 0 aliphatic heterocycles. The maximum Gasteiger partial charge on any atom is 0.305 e. The minimum Gasteiger partial charge on any atom is -0.481 e. The van der Waals surface area contributed by atoms with Gasteiger partial charge in [-0.3, -0.25) is 14.4 Å². The molecule has 1 aliphatic carbocycles. The third-order valence-corrected chi connectivity index (χ3v) is 6.27. The van der Waals surface area contributed by atoms with Crippen LogP contribution in [0.3, 0.4) is 0 Å². The molecule has 3 rings (SSSR count). The van der Waals surface area contributed by atoms with E-state index in [1.165, 1.54) is 0 Å². The zero-order valence-corrected chi connectivity index (χ0v) is 18.7. The van der Waals surface area contributed by atoms with Crippen LogP contribution < -0.4 is 10.6 Å². The highest BCUT2D eigenvalue weighted by Crippen LogP contribution is 2.29. The number of carboxylic acid groups (broad SMARTS) is 1. The molecule has 0 saturated heterocycles. The van der Waals surface area contributed by atoms with Crippen molar-refractivity contribution in [3.8, 4) is 0 Å². The number of nitrogens with one attached hydrogen (secondary N) is 2. The number of carbonyl (C=O) groups excluding carboxylic acids is 2. The second-order valence-electron chi connectivity index (χ2n) is 8.62. The van der Waals surface area contributed by atoms with Crippen LogP contribution in [-0.2, 0) is 9.59 Å². The predicted octanol–water partition coefficient (Wildman–Crippen LogP) is 3.95. The van der Waals surface area contributed by atoms with E-state index in [2.05, 4.69) is 20.7 Å². The van der Waals surface area contributed by atoms with Gasteiger partial charge in [0.25, 0.3) is 5.91 Å². The predicted molar refractivity (Wildman–Crippen MR) is 125 cm³/mol. The van der Waals surface area contributed by atoms with Crippen molar-refractivity contribution in [1.82, 2.24) is 10.6 Å². The molecule has 2 aromatic rings. The number of carbonyl (C=O) groups is 3. The molecule has 1 saturated carbocycles. The van der Waals surface area contributed by atoms with Gasteiger partial charge in [-0.1, -0.05) is 41.5 Å². The summed E-state index contributed by atoms with van der Waals surface area (Å²) >= 11 is 0. The van der Waals surface area contributed by atoms with Crippen molar-refractivity contribution in [2.75, 3.05) is 13.1 Å². The lowest BCUT2D eigenvalue weighted by atomic mass is 9.81. The van der Waals surface area contributed by atoms with E-state index in [0.29, 0.717) is 24.9 Å². The zero-order chi connectivity index (χ0) is 23.8. The standard InChI is InChI=1S/C24H29N5O4/c1-15-6-9-17-4-2-3-5-20(17)22(15)24(33)26-13-16-7-10-18(11-8-16)23(32)28-19(12-21(30)31)14-27-29-25/h2-6,9,16,18-19H,7-8,10-14H2,1H3,(H,26,33)(H,28,32)(H,30,31)/t16?,18?,19-/m0/s1. The smallest absolute Gasteiger partial charge is 0.305 e. The van der Waals surface area contributed by atoms with Crippen molar-refractivity contribution in [3.05, 3.63) is 58.0 Å². The highest BCUT2D eigenvalue weighted by Gasteiger charge is 2.28. The molecule has 1 aliphatic rings. The number of carboxylic acids is 1. The van der Waals surface area contributed by atoms with Gasteiger partial charge in [0, 0.05) is 30.0 Å². The van der Waals surface area contributed by atoms with Crippen LogP contribution in [0, 0.1) is 18.8 Å². The van der Waals surface area contributed by atoms with Gasteiger partial charge in [-0.2, -0.15) is 0 Å². The van der Waals surface area contributed by atoms with E-state index in [-0.39, 0.29) is 36.6 Å². The molecule has 0 aromatic heterocycles. The SMILES string of the molecule is Cc1ccc2ccccc2c1C(=O)NCC1CCC(C(=O)N[C@H](CN=[N+]=[N-])CC(=O)O)CC1. The van der Waals surface area contributed by atoms with Crippen molar-refractivity contribution in [2.24, 2.45) is 17.0 Å². The van der Waals surface area contributed by atoms with E-state index in [4.69, 9.17) is 10.6 Å². The maximum absolute atomic E-state index is 12.9. The Morgan fingerprint density at radius 2 is 1.88 bits per heavy atom. The van der Waals surface area contributed by atoms with Crippen LogP contribution in [0.1, 0.15) is 48.0 Å². The lowest BCUT2D eigenvalue weighted by Gasteiger charge is -2.29. The number of aliphatic carboxylic acids is 1. The van der Waals surface area contributed by atoms with Crippen molar-refractivity contribution < 1.29 is 19.5 Å². The van der Waals surface area contributed by atoms with Crippen LogP contribution >= 0.6 is 0 Å². The van der Waals surface area contributed by atoms with E-state index in [1.807, 2.05) is 43.3 Å². The van der Waals surface area contributed by atoms with Gasteiger partial charge in [-0.05, 0) is 60.4 Å². The van der Waals surface area contributed by atoms with Crippen molar-refractivity contribution >= 4 is 28.6 Å². The van der Waals surface area contributed by atoms with Crippen LogP contribution in [0.4, 0.5) is 0 Å². The Labute approximate surface area is 192 Å². The number of azide groups is 1. The van der Waals surface area contributed by atoms with E-state index in [9.17, 15) is 14.4 Å². The largest absolute Gasteiger partial charge is 0.481 e. The number of hydrogen-bond donors (Lipinski definition) is 3. The van der Waals surface area contributed by atoms with Crippen LogP contribution in [0.2, 0.25) is 0 Å². The van der Waals surface area contributed by atoms with Crippen molar-refractivity contribution in [3.63, 3.8) is 0 Å². The summed E-state index contributed by atoms with van der Waals surface area (Å²) in [5, 5.41) is 20.1. The first-order valence-electron chi connectivity index (χ1n) is 11.2. The molecule has 0 heterocycles. The molecular formula is C24H29N5O4. The fourth-order valence-corrected chi connectivity index (χ4v) is 4.46. The molecule has 9 heteroatoms. The molecule has 0 spiro atoms. The molecule has 1 atom stereocenters. The molecule has 0 radical (unpaired) electrons. The molecule has 9 nitrogen and oxygen atoms in total. The van der Waals surface area contributed by atoms with Crippen LogP contribution in [0.5, 0.6) is 0 Å². The monoisotopic (exact) mass is 451 g/mol. The Balaban J connectivity index is 1.51. The summed E-state index contributed by atoms with van der Waals surface area (Å²) in [5.74, 6) is -1.28. The zero-order valence-electron chi connectivity index (χ0n) is 18.7. The van der Waals surface area contributed by atoms with Gasteiger partial charge in [-0.15, -0.1) is 0 Å². The summed E-state index contributed by atoms with van der Waals surface area (Å²) in [6.45, 7) is 2.39. The summed E-state index contributed by atoms with van der Waals surface area (Å²) in [7, 11) is 0. The fraction of sp³-hybridized carbons (Fsp3) is 0.458. The molecule has 2 amide bonds. The maximum atomic E-state index is 12.9. The molecule has 1 fully saturated rings. The number of fused-ring (bicyclic) bond motifs is 1. The van der Waals surface area contributed by atoms with Gasteiger partial charge in [0.05, 0.1) is 12.0 Å². The summed E-state index contributed by atoms with van der Waals surface area (Å²) in [6.07, 6.45) is 2.64. The molecule has 0 bridgehead atoms. The lowest BCUT2D eigenvalue weighted by Crippen LogP contribution is -2.43. The van der Waals surface area contributed by atoms with E-state index in [1.54, 1.807) is 0 Å². The highest BCUT2D eigenvalue weighted by molar-refractivity contribution is 6.08. The number of rotatable bonds is 9. The fourth-order valence-electron chi connectivity index (χ4n) is 4.46. The third-order valence-electron chi connectivity index (χ3n) is 6.27. The number of benzene rings is 2. The molecule has 3 N–H and O–H groups in total. The summed E-state index contributed by atoms with van der Waals surface area (Å²) in [4.78, 5) is 39.1. The summed E-state index contributed by atoms with van der Waals surface area (Å²) in [5.41, 5.74) is 10.1. The van der Waals surface area contributed by atoms with Gasteiger partial charge < -0.3 is 15.7 Å². The van der Waals surface area contributed by atoms with Crippen LogP contribution in [-0.4, -0.2) is 42.0 Å². The van der Waals surface area contributed by atoms with Crippen molar-refractivity contribution in [1.29, 1.82) is 0 Å². The second kappa shape index (κ2) is 11.3. The first-order valence-corrected chi connectivity index (χ1v) is 11.2. The molecule has 2 aromatic carbocycles. The molecule has 0 unspecified atom stereocenters. The summed E-state index contributed by atoms with van der Waals surface area (Å²) < 4.78 is 0. The van der Waals surface area contributed by atoms with Crippen LogP contribution in [0.15, 0.2) is 41.5 Å². The van der Waals surface area contributed by atoms with Gasteiger partial charge in [0.15, 0.2) is 0 Å². The normalized spacial score (nSPS) is 18.7. The average Bonchev–Trinajstić information content (AvgIpc) is 2.80. The molecular weight excluding hydrogens is 422 g/mol. The third kappa shape index (κ3) is 6.46. The van der Waals surface area contributed by atoms with E-state index >= 15 is 0 Å². The number of nitrogens with zero attached hydrogens (tertiary/aromatic N) is 3. The minimum atomic E-state index is -1.06. The quantitative estimate of drug-likeness (QED) is 0.301. The number of aryl methyl sites for hydroxylation is 1. The summed E-state index contributed by atoms with van der Waals surface area (Å²) in [6, 6.07) is 11.1. The Kier molecular flexibility index (Phi) is 8.27. The average molecular weight is 452 g/mol. The second-order valence-corrected chi connectivity index (χ2v) is 8.62. The lowest BCUT2D eigenvalue weighted by molar-refractivity contribution is -0.137. The van der Waals surface area contributed by atoms with Crippen LogP contribution in [0.25, 0.3) is 21.2 Å². The molecule has 174 valence electrons. The Hall–Kier alpha value is -3.58.